The van der Waals surface area contributed by atoms with Crippen molar-refractivity contribution in [1.82, 2.24) is 15.3 Å². The van der Waals surface area contributed by atoms with Gasteiger partial charge >= 0.3 is 0 Å². The third kappa shape index (κ3) is 3.44. The molecule has 0 saturated heterocycles. The lowest BCUT2D eigenvalue weighted by atomic mass is 10.1. The molecule has 4 rings (SSSR count). The van der Waals surface area contributed by atoms with Crippen LogP contribution in [-0.2, 0) is 0 Å². The van der Waals surface area contributed by atoms with Gasteiger partial charge in [-0.1, -0.05) is 6.07 Å². The van der Waals surface area contributed by atoms with E-state index in [9.17, 15) is 9.18 Å². The lowest BCUT2D eigenvalue weighted by Gasteiger charge is -2.10. The molecule has 0 saturated carbocycles. The number of aromatic nitrogens is 2. The van der Waals surface area contributed by atoms with Crippen LogP contribution in [0.4, 0.5) is 4.39 Å². The molecule has 0 aliphatic carbocycles. The minimum Gasteiger partial charge on any atom is -0.352 e. The van der Waals surface area contributed by atoms with E-state index in [1.165, 1.54) is 12.1 Å². The monoisotopic (exact) mass is 377 g/mol. The summed E-state index contributed by atoms with van der Waals surface area (Å²) in [6.07, 6.45) is 0. The summed E-state index contributed by atoms with van der Waals surface area (Å²) in [5.41, 5.74) is 4.08. The Hall–Kier alpha value is -3.12. The summed E-state index contributed by atoms with van der Waals surface area (Å²) in [6.45, 7) is 2.44. The predicted molar refractivity (Wildman–Crippen MR) is 106 cm³/mol. The number of rotatable bonds is 4. The Morgan fingerprint density at radius 2 is 1.81 bits per heavy atom. The largest absolute Gasteiger partial charge is 0.352 e. The molecule has 0 aliphatic rings. The van der Waals surface area contributed by atoms with Gasteiger partial charge in [-0.3, -0.25) is 4.79 Å². The van der Waals surface area contributed by atoms with E-state index >= 15 is 0 Å². The standard InChI is InChI=1S/C21H16FN3OS/c1-2-23-21(26)14-7-10-16-17(12-14)25-20(18-4-3-11-27-18)19(24-16)13-5-8-15(22)9-6-13/h3-12H,2H2,1H3,(H,23,26). The van der Waals surface area contributed by atoms with E-state index in [1.54, 1.807) is 41.7 Å². The Morgan fingerprint density at radius 1 is 1.04 bits per heavy atom. The number of hydrogen-bond acceptors (Lipinski definition) is 4. The topological polar surface area (TPSA) is 54.9 Å². The first-order chi connectivity index (χ1) is 13.2. The van der Waals surface area contributed by atoms with E-state index in [2.05, 4.69) is 5.32 Å². The van der Waals surface area contributed by atoms with Crippen LogP contribution in [0, 0.1) is 5.82 Å². The molecule has 4 aromatic rings. The van der Waals surface area contributed by atoms with E-state index in [1.807, 2.05) is 24.4 Å². The fraction of sp³-hybridized carbons (Fsp3) is 0.0952. The molecule has 0 unspecified atom stereocenters. The molecule has 4 nitrogen and oxygen atoms in total. The molecule has 0 aliphatic heterocycles. The van der Waals surface area contributed by atoms with E-state index in [4.69, 9.17) is 9.97 Å². The lowest BCUT2D eigenvalue weighted by Crippen LogP contribution is -2.22. The third-order valence-corrected chi connectivity index (χ3v) is 5.01. The number of benzene rings is 2. The maximum absolute atomic E-state index is 13.3. The van der Waals surface area contributed by atoms with Crippen molar-refractivity contribution in [2.75, 3.05) is 6.54 Å². The Kier molecular flexibility index (Phi) is 4.64. The van der Waals surface area contributed by atoms with Gasteiger partial charge in [0.2, 0.25) is 0 Å². The SMILES string of the molecule is CCNC(=O)c1ccc2nc(-c3ccc(F)cc3)c(-c3cccs3)nc2c1. The zero-order chi connectivity index (χ0) is 18.8. The highest BCUT2D eigenvalue weighted by atomic mass is 32.1. The minimum absolute atomic E-state index is 0.138. The minimum atomic E-state index is -0.295. The fourth-order valence-electron chi connectivity index (χ4n) is 2.85. The average Bonchev–Trinajstić information content (AvgIpc) is 3.22. The Bertz CT molecular complexity index is 1110. The summed E-state index contributed by atoms with van der Waals surface area (Å²) in [7, 11) is 0. The highest BCUT2D eigenvalue weighted by molar-refractivity contribution is 7.13. The number of amides is 1. The first-order valence-corrected chi connectivity index (χ1v) is 9.43. The summed E-state index contributed by atoms with van der Waals surface area (Å²) < 4.78 is 13.3. The smallest absolute Gasteiger partial charge is 0.251 e. The highest BCUT2D eigenvalue weighted by Crippen LogP contribution is 2.33. The second-order valence-electron chi connectivity index (χ2n) is 5.97. The van der Waals surface area contributed by atoms with E-state index in [-0.39, 0.29) is 11.7 Å². The molecule has 0 radical (unpaired) electrons. The van der Waals surface area contributed by atoms with Crippen LogP contribution in [0.15, 0.2) is 60.0 Å². The number of nitrogens with one attached hydrogen (secondary N) is 1. The number of carbonyl (C=O) groups is 1. The van der Waals surface area contributed by atoms with Gasteiger partial charge in [0.05, 0.1) is 21.6 Å². The average molecular weight is 377 g/mol. The molecule has 1 N–H and O–H groups in total. The van der Waals surface area contributed by atoms with Crippen molar-refractivity contribution < 1.29 is 9.18 Å². The molecule has 0 bridgehead atoms. The van der Waals surface area contributed by atoms with Crippen LogP contribution in [0.2, 0.25) is 0 Å². The summed E-state index contributed by atoms with van der Waals surface area (Å²) in [4.78, 5) is 22.7. The van der Waals surface area contributed by atoms with Crippen molar-refractivity contribution in [3.8, 4) is 21.8 Å². The van der Waals surface area contributed by atoms with Crippen LogP contribution < -0.4 is 5.32 Å². The summed E-state index contributed by atoms with van der Waals surface area (Å²) in [6, 6.07) is 15.4. The first-order valence-electron chi connectivity index (χ1n) is 8.55. The van der Waals surface area contributed by atoms with Crippen molar-refractivity contribution in [2.24, 2.45) is 0 Å². The second-order valence-corrected chi connectivity index (χ2v) is 6.92. The maximum atomic E-state index is 13.3. The first kappa shape index (κ1) is 17.3. The van der Waals surface area contributed by atoms with Gasteiger partial charge in [-0.25, -0.2) is 14.4 Å². The number of carbonyl (C=O) groups excluding carboxylic acids is 1. The van der Waals surface area contributed by atoms with Crippen molar-refractivity contribution in [2.45, 2.75) is 6.92 Å². The summed E-state index contributed by atoms with van der Waals surface area (Å²) in [5, 5.41) is 4.76. The highest BCUT2D eigenvalue weighted by Gasteiger charge is 2.15. The number of thiophene rings is 1. The molecular weight excluding hydrogens is 361 g/mol. The fourth-order valence-corrected chi connectivity index (χ4v) is 3.57. The number of nitrogens with zero attached hydrogens (tertiary/aromatic N) is 2. The van der Waals surface area contributed by atoms with Gasteiger partial charge in [0, 0.05) is 17.7 Å². The molecule has 6 heteroatoms. The maximum Gasteiger partial charge on any atom is 0.251 e. The molecule has 2 aromatic carbocycles. The van der Waals surface area contributed by atoms with Crippen molar-refractivity contribution in [1.29, 1.82) is 0 Å². The van der Waals surface area contributed by atoms with Crippen molar-refractivity contribution in [3.05, 3.63) is 71.4 Å². The van der Waals surface area contributed by atoms with Crippen LogP contribution >= 0.6 is 11.3 Å². The normalized spacial score (nSPS) is 10.9. The van der Waals surface area contributed by atoms with Gasteiger partial charge in [-0.2, -0.15) is 0 Å². The molecule has 0 fully saturated rings. The molecule has 1 amide bonds. The Balaban J connectivity index is 1.91. The van der Waals surface area contributed by atoms with Crippen LogP contribution in [0.1, 0.15) is 17.3 Å². The molecule has 27 heavy (non-hydrogen) atoms. The second kappa shape index (κ2) is 7.25. The molecule has 2 heterocycles. The van der Waals surface area contributed by atoms with Gasteiger partial charge < -0.3 is 5.32 Å². The number of halogens is 1. The molecule has 0 spiro atoms. The zero-order valence-electron chi connectivity index (χ0n) is 14.6. The van der Waals surface area contributed by atoms with Crippen molar-refractivity contribution >= 4 is 28.3 Å². The summed E-state index contributed by atoms with van der Waals surface area (Å²) in [5.74, 6) is -0.432. The predicted octanol–water partition coefficient (Wildman–Crippen LogP) is 4.91. The number of hydrogen-bond donors (Lipinski definition) is 1. The lowest BCUT2D eigenvalue weighted by molar-refractivity contribution is 0.0956. The Morgan fingerprint density at radius 3 is 2.52 bits per heavy atom. The van der Waals surface area contributed by atoms with Crippen molar-refractivity contribution in [3.63, 3.8) is 0 Å². The van der Waals surface area contributed by atoms with Gasteiger partial charge in [0.15, 0.2) is 0 Å². The molecule has 2 aromatic heterocycles. The van der Waals surface area contributed by atoms with Gasteiger partial charge in [0.25, 0.3) is 5.91 Å². The van der Waals surface area contributed by atoms with Gasteiger partial charge in [0.1, 0.15) is 11.5 Å². The van der Waals surface area contributed by atoms with Gasteiger partial charge in [-0.05, 0) is 60.8 Å². The third-order valence-electron chi connectivity index (χ3n) is 4.14. The van der Waals surface area contributed by atoms with E-state index in [0.29, 0.717) is 28.8 Å². The van der Waals surface area contributed by atoms with Crippen LogP contribution in [-0.4, -0.2) is 22.4 Å². The number of fused-ring (bicyclic) bond motifs is 1. The van der Waals surface area contributed by atoms with E-state index in [0.717, 1.165) is 16.1 Å². The quantitative estimate of drug-likeness (QED) is 0.549. The van der Waals surface area contributed by atoms with Crippen LogP contribution in [0.25, 0.3) is 32.9 Å². The Labute approximate surface area is 159 Å². The summed E-state index contributed by atoms with van der Waals surface area (Å²) >= 11 is 1.56. The molecule has 134 valence electrons. The van der Waals surface area contributed by atoms with Crippen LogP contribution in [0.5, 0.6) is 0 Å². The molecular formula is C21H16FN3OS. The molecule has 0 atom stereocenters. The zero-order valence-corrected chi connectivity index (χ0v) is 15.4. The van der Waals surface area contributed by atoms with Gasteiger partial charge in [-0.15, -0.1) is 11.3 Å². The van der Waals surface area contributed by atoms with Crippen LogP contribution in [0.3, 0.4) is 0 Å². The van der Waals surface area contributed by atoms with E-state index < -0.39 is 0 Å².